The van der Waals surface area contributed by atoms with Gasteiger partial charge in [0.15, 0.2) is 0 Å². The molecule has 0 amide bonds. The lowest BCUT2D eigenvalue weighted by atomic mass is 9.95. The molecule has 0 aliphatic carbocycles. The molecule has 1 aliphatic rings. The zero-order valence-corrected chi connectivity index (χ0v) is 13.2. The van der Waals surface area contributed by atoms with Crippen LogP contribution in [0.4, 0.5) is 0 Å². The molecular formula is C16H24ClNO2. The Balaban J connectivity index is 2.01. The van der Waals surface area contributed by atoms with Gasteiger partial charge in [0, 0.05) is 19.1 Å². The van der Waals surface area contributed by atoms with Gasteiger partial charge in [-0.15, -0.1) is 0 Å². The smallest absolute Gasteiger partial charge is 0.137 e. The molecule has 1 saturated heterocycles. The summed E-state index contributed by atoms with van der Waals surface area (Å²) in [6, 6.07) is 5.93. The minimum atomic E-state index is 0.137. The average Bonchev–Trinajstić information content (AvgIpc) is 2.86. The van der Waals surface area contributed by atoms with Crippen LogP contribution in [0.15, 0.2) is 18.2 Å². The Hall–Kier alpha value is -0.770. The Morgan fingerprint density at radius 3 is 2.90 bits per heavy atom. The molecule has 2 rings (SSSR count). The van der Waals surface area contributed by atoms with Crippen molar-refractivity contribution in [2.45, 2.75) is 26.4 Å². The van der Waals surface area contributed by atoms with Crippen molar-refractivity contribution in [3.63, 3.8) is 0 Å². The van der Waals surface area contributed by atoms with E-state index in [4.69, 9.17) is 21.1 Å². The van der Waals surface area contributed by atoms with Crippen LogP contribution in [0, 0.1) is 11.8 Å². The molecule has 1 N–H and O–H groups in total. The predicted molar refractivity (Wildman–Crippen MR) is 82.5 cm³/mol. The zero-order valence-electron chi connectivity index (χ0n) is 12.5. The molecule has 1 aromatic rings. The van der Waals surface area contributed by atoms with Crippen LogP contribution < -0.4 is 10.1 Å². The average molecular weight is 298 g/mol. The van der Waals surface area contributed by atoms with Crippen molar-refractivity contribution in [2.75, 3.05) is 26.8 Å². The Labute approximate surface area is 126 Å². The summed E-state index contributed by atoms with van der Waals surface area (Å²) in [4.78, 5) is 0. The number of ether oxygens (including phenoxy) is 2. The number of hydrogen-bond donors (Lipinski definition) is 1. The van der Waals surface area contributed by atoms with E-state index in [0.717, 1.165) is 31.7 Å². The van der Waals surface area contributed by atoms with E-state index >= 15 is 0 Å². The van der Waals surface area contributed by atoms with E-state index in [-0.39, 0.29) is 6.10 Å². The molecule has 0 spiro atoms. The number of methoxy groups -OCH3 is 1. The van der Waals surface area contributed by atoms with Crippen LogP contribution in [0.5, 0.6) is 5.75 Å². The highest BCUT2D eigenvalue weighted by Gasteiger charge is 2.29. The number of rotatable bonds is 6. The second kappa shape index (κ2) is 7.30. The Kier molecular flexibility index (Phi) is 5.70. The Morgan fingerprint density at radius 2 is 2.25 bits per heavy atom. The summed E-state index contributed by atoms with van der Waals surface area (Å²) in [5.74, 6) is 1.90. The third-order valence-electron chi connectivity index (χ3n) is 3.68. The monoisotopic (exact) mass is 297 g/mol. The molecule has 3 nitrogen and oxygen atoms in total. The molecule has 1 heterocycles. The van der Waals surface area contributed by atoms with Crippen LogP contribution in [0.1, 0.15) is 31.9 Å². The molecule has 1 aliphatic heterocycles. The van der Waals surface area contributed by atoms with Crippen LogP contribution in [-0.2, 0) is 4.74 Å². The predicted octanol–water partition coefficient (Wildman–Crippen LogP) is 3.67. The van der Waals surface area contributed by atoms with Crippen molar-refractivity contribution in [1.82, 2.24) is 5.32 Å². The van der Waals surface area contributed by atoms with Gasteiger partial charge in [0.1, 0.15) is 5.75 Å². The lowest BCUT2D eigenvalue weighted by Gasteiger charge is -2.20. The molecule has 0 bridgehead atoms. The maximum absolute atomic E-state index is 6.21. The van der Waals surface area contributed by atoms with Crippen LogP contribution in [0.3, 0.4) is 0 Å². The minimum Gasteiger partial charge on any atom is -0.495 e. The number of nitrogens with one attached hydrogen (secondary N) is 1. The fourth-order valence-electron chi connectivity index (χ4n) is 2.63. The Bertz CT molecular complexity index is 436. The van der Waals surface area contributed by atoms with Crippen molar-refractivity contribution in [2.24, 2.45) is 11.8 Å². The fourth-order valence-corrected chi connectivity index (χ4v) is 2.89. The summed E-state index contributed by atoms with van der Waals surface area (Å²) in [5, 5.41) is 4.17. The van der Waals surface area contributed by atoms with E-state index in [0.29, 0.717) is 22.6 Å². The molecule has 1 fully saturated rings. The van der Waals surface area contributed by atoms with Crippen molar-refractivity contribution >= 4 is 11.6 Å². The summed E-state index contributed by atoms with van der Waals surface area (Å²) in [6.45, 7) is 7.30. The molecule has 112 valence electrons. The molecule has 0 radical (unpaired) electrons. The molecule has 2 unspecified atom stereocenters. The van der Waals surface area contributed by atoms with Crippen LogP contribution in [0.2, 0.25) is 5.02 Å². The van der Waals surface area contributed by atoms with Gasteiger partial charge in [-0.25, -0.2) is 0 Å². The van der Waals surface area contributed by atoms with E-state index < -0.39 is 0 Å². The van der Waals surface area contributed by atoms with Crippen molar-refractivity contribution < 1.29 is 9.47 Å². The van der Waals surface area contributed by atoms with Crippen LogP contribution >= 0.6 is 11.6 Å². The number of halogens is 1. The second-order valence-corrected chi connectivity index (χ2v) is 6.19. The first-order chi connectivity index (χ1) is 9.61. The third kappa shape index (κ3) is 3.87. The van der Waals surface area contributed by atoms with Gasteiger partial charge in [-0.05, 0) is 36.6 Å². The van der Waals surface area contributed by atoms with Gasteiger partial charge < -0.3 is 14.8 Å². The van der Waals surface area contributed by atoms with E-state index in [1.165, 1.54) is 0 Å². The maximum Gasteiger partial charge on any atom is 0.137 e. The first kappa shape index (κ1) is 15.6. The maximum atomic E-state index is 6.21. The standard InChI is InChI=1S/C16H24ClNO2/c1-11(2)9-18-10-13-6-7-20-16(13)12-4-5-15(19-3)14(17)8-12/h4-5,8,11,13,16,18H,6-7,9-10H2,1-3H3. The molecule has 0 aromatic heterocycles. The summed E-state index contributed by atoms with van der Waals surface area (Å²) in [5.41, 5.74) is 1.14. The first-order valence-electron chi connectivity index (χ1n) is 7.27. The van der Waals surface area contributed by atoms with Gasteiger partial charge in [-0.3, -0.25) is 0 Å². The lowest BCUT2D eigenvalue weighted by Crippen LogP contribution is -2.27. The summed E-state index contributed by atoms with van der Waals surface area (Å²) < 4.78 is 11.1. The highest BCUT2D eigenvalue weighted by Crippen LogP contribution is 2.37. The van der Waals surface area contributed by atoms with Gasteiger partial charge >= 0.3 is 0 Å². The number of hydrogen-bond acceptors (Lipinski definition) is 3. The third-order valence-corrected chi connectivity index (χ3v) is 3.97. The van der Waals surface area contributed by atoms with E-state index in [2.05, 4.69) is 25.2 Å². The van der Waals surface area contributed by atoms with Crippen LogP contribution in [0.25, 0.3) is 0 Å². The molecular weight excluding hydrogens is 274 g/mol. The SMILES string of the molecule is COc1ccc(C2OCCC2CNCC(C)C)cc1Cl. The lowest BCUT2D eigenvalue weighted by molar-refractivity contribution is 0.0903. The zero-order chi connectivity index (χ0) is 14.5. The second-order valence-electron chi connectivity index (χ2n) is 5.79. The topological polar surface area (TPSA) is 30.5 Å². The fraction of sp³-hybridized carbons (Fsp3) is 0.625. The summed E-state index contributed by atoms with van der Waals surface area (Å²) >= 11 is 6.21. The summed E-state index contributed by atoms with van der Waals surface area (Å²) in [7, 11) is 1.63. The normalized spacial score (nSPS) is 22.4. The first-order valence-corrected chi connectivity index (χ1v) is 7.65. The highest BCUT2D eigenvalue weighted by atomic mass is 35.5. The quantitative estimate of drug-likeness (QED) is 0.869. The molecule has 2 atom stereocenters. The van der Waals surface area contributed by atoms with E-state index in [1.54, 1.807) is 7.11 Å². The molecule has 4 heteroatoms. The number of benzene rings is 1. The van der Waals surface area contributed by atoms with Crippen molar-refractivity contribution in [3.05, 3.63) is 28.8 Å². The highest BCUT2D eigenvalue weighted by molar-refractivity contribution is 6.32. The van der Waals surface area contributed by atoms with Gasteiger partial charge in [-0.1, -0.05) is 31.5 Å². The van der Waals surface area contributed by atoms with E-state index in [9.17, 15) is 0 Å². The Morgan fingerprint density at radius 1 is 1.45 bits per heavy atom. The van der Waals surface area contributed by atoms with Crippen molar-refractivity contribution in [1.29, 1.82) is 0 Å². The molecule has 20 heavy (non-hydrogen) atoms. The van der Waals surface area contributed by atoms with Crippen LogP contribution in [-0.4, -0.2) is 26.8 Å². The van der Waals surface area contributed by atoms with Gasteiger partial charge in [0.05, 0.1) is 18.2 Å². The molecule has 1 aromatic carbocycles. The van der Waals surface area contributed by atoms with Gasteiger partial charge in [0.2, 0.25) is 0 Å². The van der Waals surface area contributed by atoms with Crippen molar-refractivity contribution in [3.8, 4) is 5.75 Å². The molecule has 0 saturated carbocycles. The summed E-state index contributed by atoms with van der Waals surface area (Å²) in [6.07, 6.45) is 1.23. The van der Waals surface area contributed by atoms with Gasteiger partial charge in [0.25, 0.3) is 0 Å². The van der Waals surface area contributed by atoms with E-state index in [1.807, 2.05) is 12.1 Å². The minimum absolute atomic E-state index is 0.137. The van der Waals surface area contributed by atoms with Gasteiger partial charge in [-0.2, -0.15) is 0 Å². The largest absolute Gasteiger partial charge is 0.495 e.